The van der Waals surface area contributed by atoms with Crippen molar-refractivity contribution in [3.05, 3.63) is 66.4 Å². The molecule has 0 aliphatic heterocycles. The van der Waals surface area contributed by atoms with Crippen LogP contribution < -0.4 is 5.32 Å². The topological polar surface area (TPSA) is 12.0 Å². The van der Waals surface area contributed by atoms with Gasteiger partial charge in [-0.2, -0.15) is 0 Å². The number of rotatable bonds is 4. The van der Waals surface area contributed by atoms with Gasteiger partial charge >= 0.3 is 0 Å². The van der Waals surface area contributed by atoms with Crippen LogP contribution >= 0.6 is 50.1 Å². The van der Waals surface area contributed by atoms with Crippen molar-refractivity contribution in [2.24, 2.45) is 0 Å². The maximum Gasteiger partial charge on any atom is 0.127 e. The van der Waals surface area contributed by atoms with Crippen LogP contribution in [0.1, 0.15) is 17.2 Å². The van der Waals surface area contributed by atoms with Crippen molar-refractivity contribution in [1.29, 1.82) is 0 Å². The number of benzene rings is 2. The minimum atomic E-state index is -0.264. The van der Waals surface area contributed by atoms with Gasteiger partial charge in [-0.1, -0.05) is 33.6 Å². The molecule has 0 radical (unpaired) electrons. The third kappa shape index (κ3) is 3.93. The summed E-state index contributed by atoms with van der Waals surface area (Å²) >= 11 is 11.6. The minimum Gasteiger partial charge on any atom is -0.313 e. The molecule has 0 aromatic heterocycles. The highest BCUT2D eigenvalue weighted by molar-refractivity contribution is 14.1. The van der Waals surface area contributed by atoms with E-state index in [1.807, 2.05) is 19.2 Å². The van der Waals surface area contributed by atoms with Crippen LogP contribution in [0.3, 0.4) is 0 Å². The highest BCUT2D eigenvalue weighted by Crippen LogP contribution is 2.28. The number of nitrogens with one attached hydrogen (secondary N) is 1. The van der Waals surface area contributed by atoms with E-state index in [2.05, 4.69) is 49.9 Å². The van der Waals surface area contributed by atoms with Crippen LogP contribution in [0.5, 0.6) is 0 Å². The number of halogens is 4. The van der Waals surface area contributed by atoms with Crippen molar-refractivity contribution in [2.45, 2.75) is 12.5 Å². The van der Waals surface area contributed by atoms with Crippen molar-refractivity contribution in [1.82, 2.24) is 5.32 Å². The van der Waals surface area contributed by atoms with Gasteiger partial charge in [0.05, 0.1) is 0 Å². The smallest absolute Gasteiger partial charge is 0.127 e. The van der Waals surface area contributed by atoms with Crippen LogP contribution in [0.25, 0.3) is 0 Å². The van der Waals surface area contributed by atoms with Crippen LogP contribution in [0, 0.1) is 9.39 Å². The second-order valence-corrected chi connectivity index (χ2v) is 6.98. The van der Waals surface area contributed by atoms with Crippen molar-refractivity contribution in [2.75, 3.05) is 7.05 Å². The van der Waals surface area contributed by atoms with Gasteiger partial charge in [0.15, 0.2) is 0 Å². The van der Waals surface area contributed by atoms with Crippen molar-refractivity contribution >= 4 is 50.1 Å². The van der Waals surface area contributed by atoms with Gasteiger partial charge in [-0.15, -0.1) is 0 Å². The average Bonchev–Trinajstić information content (AvgIpc) is 2.41. The molecule has 0 heterocycles. The monoisotopic (exact) mass is 467 g/mol. The molecule has 1 nitrogen and oxygen atoms in total. The first-order valence-corrected chi connectivity index (χ1v) is 8.32. The SMILES string of the molecule is CNC(Cc1ccc(Cl)cc1F)c1cc(I)ccc1Br. The molecule has 2 aromatic carbocycles. The van der Waals surface area contributed by atoms with Gasteiger partial charge < -0.3 is 5.32 Å². The lowest BCUT2D eigenvalue weighted by molar-refractivity contribution is 0.553. The van der Waals surface area contributed by atoms with Gasteiger partial charge in [0.25, 0.3) is 0 Å². The standard InChI is InChI=1S/C15H13BrClFIN/c1-20-15(12-8-11(19)4-5-13(12)16)6-9-2-3-10(17)7-14(9)18/h2-5,7-8,15,20H,6H2,1H3. The second-order valence-electron chi connectivity index (χ2n) is 4.45. The molecule has 0 aliphatic rings. The normalized spacial score (nSPS) is 12.4. The third-order valence-electron chi connectivity index (χ3n) is 3.12. The van der Waals surface area contributed by atoms with Crippen molar-refractivity contribution < 1.29 is 4.39 Å². The van der Waals surface area contributed by atoms with E-state index in [1.165, 1.54) is 6.07 Å². The summed E-state index contributed by atoms with van der Waals surface area (Å²) in [4.78, 5) is 0. The lowest BCUT2D eigenvalue weighted by atomic mass is 9.99. The van der Waals surface area contributed by atoms with Gasteiger partial charge in [-0.25, -0.2) is 4.39 Å². The Hall–Kier alpha value is -0.170. The molecule has 0 bridgehead atoms. The summed E-state index contributed by atoms with van der Waals surface area (Å²) in [6.07, 6.45) is 0.568. The Morgan fingerprint density at radius 2 is 2.05 bits per heavy atom. The van der Waals surface area contributed by atoms with E-state index in [4.69, 9.17) is 11.6 Å². The third-order valence-corrected chi connectivity index (χ3v) is 4.75. The molecular weight excluding hydrogens is 455 g/mol. The molecule has 2 aromatic rings. The summed E-state index contributed by atoms with van der Waals surface area (Å²) in [5.41, 5.74) is 1.77. The molecule has 0 saturated heterocycles. The van der Waals surface area contributed by atoms with E-state index in [0.29, 0.717) is 17.0 Å². The maximum atomic E-state index is 13.9. The van der Waals surface area contributed by atoms with Crippen LogP contribution in [-0.2, 0) is 6.42 Å². The van der Waals surface area contributed by atoms with E-state index in [9.17, 15) is 4.39 Å². The Bertz CT molecular complexity index is 621. The van der Waals surface area contributed by atoms with Crippen molar-refractivity contribution in [3.63, 3.8) is 0 Å². The predicted octanol–water partition coefficient (Wildman–Crippen LogP) is 5.35. The zero-order valence-electron chi connectivity index (χ0n) is 10.8. The summed E-state index contributed by atoms with van der Waals surface area (Å²) in [6.45, 7) is 0. The largest absolute Gasteiger partial charge is 0.313 e. The summed E-state index contributed by atoms with van der Waals surface area (Å²) in [5.74, 6) is -0.264. The zero-order chi connectivity index (χ0) is 14.7. The van der Waals surface area contributed by atoms with Crippen LogP contribution in [0.4, 0.5) is 4.39 Å². The number of hydrogen-bond acceptors (Lipinski definition) is 1. The summed E-state index contributed by atoms with van der Waals surface area (Å²) in [5, 5.41) is 3.66. The minimum absolute atomic E-state index is 0.0368. The fraction of sp³-hybridized carbons (Fsp3) is 0.200. The Morgan fingerprint density at radius 1 is 1.30 bits per heavy atom. The summed E-state index contributed by atoms with van der Waals surface area (Å²) in [6, 6.07) is 11.0. The Kier molecular flexibility index (Phi) is 5.84. The molecule has 1 atom stereocenters. The first-order valence-electron chi connectivity index (χ1n) is 6.07. The fourth-order valence-corrected chi connectivity index (χ4v) is 3.25. The molecular formula is C15H13BrClFIN. The van der Waals surface area contributed by atoms with Crippen LogP contribution in [-0.4, -0.2) is 7.05 Å². The van der Waals surface area contributed by atoms with E-state index in [1.54, 1.807) is 12.1 Å². The highest BCUT2D eigenvalue weighted by atomic mass is 127. The lowest BCUT2D eigenvalue weighted by Gasteiger charge is -2.19. The molecule has 0 amide bonds. The van der Waals surface area contributed by atoms with Gasteiger partial charge in [-0.3, -0.25) is 0 Å². The van der Waals surface area contributed by atoms with E-state index < -0.39 is 0 Å². The average molecular weight is 469 g/mol. The lowest BCUT2D eigenvalue weighted by Crippen LogP contribution is -2.20. The second kappa shape index (κ2) is 7.20. The number of hydrogen-bond donors (Lipinski definition) is 1. The molecule has 20 heavy (non-hydrogen) atoms. The highest BCUT2D eigenvalue weighted by Gasteiger charge is 2.16. The molecule has 1 unspecified atom stereocenters. The first-order chi connectivity index (χ1) is 9.51. The first kappa shape index (κ1) is 16.2. The van der Waals surface area contributed by atoms with Crippen molar-refractivity contribution in [3.8, 4) is 0 Å². The van der Waals surface area contributed by atoms with Gasteiger partial charge in [0.1, 0.15) is 5.82 Å². The molecule has 0 aliphatic carbocycles. The van der Waals surface area contributed by atoms with Gasteiger partial charge in [0.2, 0.25) is 0 Å². The van der Waals surface area contributed by atoms with E-state index in [-0.39, 0.29) is 11.9 Å². The van der Waals surface area contributed by atoms with E-state index >= 15 is 0 Å². The maximum absolute atomic E-state index is 13.9. The molecule has 106 valence electrons. The molecule has 5 heteroatoms. The fourth-order valence-electron chi connectivity index (χ4n) is 2.06. The van der Waals surface area contributed by atoms with Gasteiger partial charge in [0, 0.05) is 19.1 Å². The molecule has 0 fully saturated rings. The molecule has 1 N–H and O–H groups in total. The number of likely N-dealkylation sites (N-methyl/N-ethyl adjacent to an activating group) is 1. The Labute approximate surface area is 145 Å². The molecule has 2 rings (SSSR count). The molecule has 0 spiro atoms. The molecule has 0 saturated carbocycles. The van der Waals surface area contributed by atoms with Crippen LogP contribution in [0.15, 0.2) is 40.9 Å². The van der Waals surface area contributed by atoms with E-state index in [0.717, 1.165) is 13.6 Å². The summed E-state index contributed by atoms with van der Waals surface area (Å²) < 4.78 is 16.1. The predicted molar refractivity (Wildman–Crippen MR) is 93.8 cm³/mol. The quantitative estimate of drug-likeness (QED) is 0.597. The zero-order valence-corrected chi connectivity index (χ0v) is 15.3. The summed E-state index contributed by atoms with van der Waals surface area (Å²) in [7, 11) is 1.88. The Morgan fingerprint density at radius 3 is 2.70 bits per heavy atom. The van der Waals surface area contributed by atoms with Crippen LogP contribution in [0.2, 0.25) is 5.02 Å². The van der Waals surface area contributed by atoms with Gasteiger partial charge in [-0.05, 0) is 77.5 Å². The Balaban J connectivity index is 2.31.